The number of benzene rings is 1. The third-order valence-electron chi connectivity index (χ3n) is 4.62. The third-order valence-corrected chi connectivity index (χ3v) is 4.62. The van der Waals surface area contributed by atoms with E-state index in [0.29, 0.717) is 17.8 Å². The van der Waals surface area contributed by atoms with E-state index in [-0.39, 0.29) is 35.5 Å². The number of aromatic nitrogens is 4. The number of nitrogens with one attached hydrogen (secondary N) is 1. The van der Waals surface area contributed by atoms with Gasteiger partial charge >= 0.3 is 0 Å². The number of para-hydroxylation sites is 1. The zero-order chi connectivity index (χ0) is 17.4. The Bertz CT molecular complexity index is 969. The van der Waals surface area contributed by atoms with Crippen molar-refractivity contribution in [3.05, 3.63) is 40.3 Å². The summed E-state index contributed by atoms with van der Waals surface area (Å²) in [5.41, 5.74) is 0.811. The van der Waals surface area contributed by atoms with Crippen LogP contribution in [0.3, 0.4) is 0 Å². The number of likely N-dealkylation sites (N-methyl/N-ethyl adjacent to an activating group) is 1. The average molecular weight is 377 g/mol. The lowest BCUT2D eigenvalue weighted by Crippen LogP contribution is -2.44. The average Bonchev–Trinajstić information content (AvgIpc) is 3.12. The molecule has 26 heavy (non-hydrogen) atoms. The van der Waals surface area contributed by atoms with Gasteiger partial charge in [0.1, 0.15) is 0 Å². The number of rotatable bonds is 3. The number of hydrogen-bond acceptors (Lipinski definition) is 7. The van der Waals surface area contributed by atoms with Gasteiger partial charge in [0.15, 0.2) is 11.5 Å². The monoisotopic (exact) mass is 376 g/mol. The van der Waals surface area contributed by atoms with Gasteiger partial charge in [0.2, 0.25) is 5.43 Å². The summed E-state index contributed by atoms with van der Waals surface area (Å²) in [4.78, 5) is 19.5. The van der Waals surface area contributed by atoms with Crippen molar-refractivity contribution < 1.29 is 4.52 Å². The van der Waals surface area contributed by atoms with Gasteiger partial charge in [0.25, 0.3) is 5.89 Å². The number of halogens is 1. The van der Waals surface area contributed by atoms with Crippen LogP contribution in [0.15, 0.2) is 33.6 Å². The van der Waals surface area contributed by atoms with Gasteiger partial charge in [0, 0.05) is 31.6 Å². The van der Waals surface area contributed by atoms with Crippen LogP contribution in [0.5, 0.6) is 0 Å². The van der Waals surface area contributed by atoms with Crippen LogP contribution < -0.4 is 10.7 Å². The maximum atomic E-state index is 12.8. The molecular weight excluding hydrogens is 356 g/mol. The molecule has 1 saturated heterocycles. The van der Waals surface area contributed by atoms with Crippen molar-refractivity contribution in [2.45, 2.75) is 19.5 Å². The van der Waals surface area contributed by atoms with Gasteiger partial charge in [-0.3, -0.25) is 14.4 Å². The Morgan fingerprint density at radius 1 is 1.35 bits per heavy atom. The topological polar surface area (TPSA) is 89.1 Å². The molecule has 3 heterocycles. The number of fused-ring (bicyclic) bond motifs is 1. The first-order valence-corrected chi connectivity index (χ1v) is 8.44. The summed E-state index contributed by atoms with van der Waals surface area (Å²) >= 11 is 0. The van der Waals surface area contributed by atoms with E-state index in [2.05, 4.69) is 25.5 Å². The molecule has 0 saturated carbocycles. The van der Waals surface area contributed by atoms with Crippen molar-refractivity contribution in [1.82, 2.24) is 30.1 Å². The van der Waals surface area contributed by atoms with Crippen molar-refractivity contribution >= 4 is 23.3 Å². The first-order chi connectivity index (χ1) is 12.2. The van der Waals surface area contributed by atoms with Crippen LogP contribution in [0.4, 0.5) is 0 Å². The van der Waals surface area contributed by atoms with Crippen LogP contribution in [0.1, 0.15) is 18.8 Å². The molecule has 3 aromatic rings. The van der Waals surface area contributed by atoms with Crippen molar-refractivity contribution in [1.29, 1.82) is 0 Å². The molecule has 0 bridgehead atoms. The quantitative estimate of drug-likeness (QED) is 0.740. The Morgan fingerprint density at radius 2 is 2.15 bits per heavy atom. The van der Waals surface area contributed by atoms with E-state index in [1.807, 2.05) is 32.2 Å². The van der Waals surface area contributed by atoms with E-state index in [0.717, 1.165) is 25.2 Å². The highest BCUT2D eigenvalue weighted by Gasteiger charge is 2.27. The molecule has 1 N–H and O–H groups in total. The maximum absolute atomic E-state index is 12.8. The van der Waals surface area contributed by atoms with E-state index >= 15 is 0 Å². The number of hydrogen-bond donors (Lipinski definition) is 1. The molecule has 138 valence electrons. The molecule has 0 amide bonds. The molecule has 8 nitrogen and oxygen atoms in total. The molecule has 2 aromatic heterocycles. The Balaban J connectivity index is 0.00000196. The highest BCUT2D eigenvalue weighted by Crippen LogP contribution is 2.21. The Hall–Kier alpha value is -2.29. The molecular formula is C17H21ClN6O2. The van der Waals surface area contributed by atoms with E-state index in [1.165, 1.54) is 0 Å². The summed E-state index contributed by atoms with van der Waals surface area (Å²) in [6.07, 6.45) is 0. The highest BCUT2D eigenvalue weighted by molar-refractivity contribution is 5.85. The summed E-state index contributed by atoms with van der Waals surface area (Å²) in [6.45, 7) is 5.22. The molecule has 9 heteroatoms. The third kappa shape index (κ3) is 3.11. The van der Waals surface area contributed by atoms with Gasteiger partial charge in [-0.25, -0.2) is 0 Å². The fourth-order valence-corrected chi connectivity index (χ4v) is 3.18. The smallest absolute Gasteiger partial charge is 0.282 e. The lowest BCUT2D eigenvalue weighted by Gasteiger charge is -2.30. The van der Waals surface area contributed by atoms with Gasteiger partial charge in [-0.1, -0.05) is 17.3 Å². The predicted molar refractivity (Wildman–Crippen MR) is 100 cm³/mol. The van der Waals surface area contributed by atoms with Crippen molar-refractivity contribution in [3.63, 3.8) is 0 Å². The molecule has 1 aromatic carbocycles. The lowest BCUT2D eigenvalue weighted by molar-refractivity contribution is 0.190. The minimum Gasteiger partial charge on any atom is -0.332 e. The molecule has 1 fully saturated rings. The van der Waals surface area contributed by atoms with Crippen LogP contribution in [-0.4, -0.2) is 51.5 Å². The number of piperazine rings is 1. The molecule has 1 aliphatic heterocycles. The predicted octanol–water partition coefficient (Wildman–Crippen LogP) is 1.46. The number of nitrogens with zero attached hydrogens (tertiary/aromatic N) is 5. The van der Waals surface area contributed by atoms with Crippen LogP contribution in [0, 0.1) is 0 Å². The molecule has 0 aliphatic carbocycles. The van der Waals surface area contributed by atoms with Crippen molar-refractivity contribution in [2.75, 3.05) is 26.7 Å². The highest BCUT2D eigenvalue weighted by atomic mass is 35.5. The second-order valence-corrected chi connectivity index (χ2v) is 6.17. The zero-order valence-corrected chi connectivity index (χ0v) is 15.5. The largest absolute Gasteiger partial charge is 0.332 e. The summed E-state index contributed by atoms with van der Waals surface area (Å²) in [6, 6.07) is 7.45. The summed E-state index contributed by atoms with van der Waals surface area (Å²) in [5, 5.41) is 12.5. The zero-order valence-electron chi connectivity index (χ0n) is 14.7. The maximum Gasteiger partial charge on any atom is 0.282 e. The van der Waals surface area contributed by atoms with Gasteiger partial charge in [-0.05, 0) is 26.1 Å². The van der Waals surface area contributed by atoms with Crippen LogP contribution in [0.25, 0.3) is 22.5 Å². The fraction of sp³-hybridized carbons (Fsp3) is 0.412. The van der Waals surface area contributed by atoms with Gasteiger partial charge in [-0.15, -0.1) is 12.4 Å². The second-order valence-electron chi connectivity index (χ2n) is 6.17. The van der Waals surface area contributed by atoms with E-state index in [4.69, 9.17) is 4.52 Å². The summed E-state index contributed by atoms with van der Waals surface area (Å²) < 4.78 is 7.17. The number of aryl methyl sites for hydroxylation is 1. The van der Waals surface area contributed by atoms with Crippen LogP contribution >= 0.6 is 12.4 Å². The van der Waals surface area contributed by atoms with Gasteiger partial charge in [0.05, 0.1) is 11.6 Å². The van der Waals surface area contributed by atoms with E-state index in [1.54, 1.807) is 10.7 Å². The normalized spacial score (nSPS) is 18.0. The molecule has 1 aliphatic rings. The van der Waals surface area contributed by atoms with Crippen molar-refractivity contribution in [2.24, 2.45) is 0 Å². The first kappa shape index (κ1) is 18.5. The second kappa shape index (κ2) is 7.53. The Labute approximate surface area is 156 Å². The van der Waals surface area contributed by atoms with E-state index < -0.39 is 0 Å². The summed E-state index contributed by atoms with van der Waals surface area (Å²) in [7, 11) is 2.03. The minimum atomic E-state index is -0.189. The van der Waals surface area contributed by atoms with Gasteiger partial charge in [-0.2, -0.15) is 10.1 Å². The molecule has 1 atom stereocenters. The van der Waals surface area contributed by atoms with Crippen molar-refractivity contribution in [3.8, 4) is 11.6 Å². The Morgan fingerprint density at radius 3 is 2.92 bits per heavy atom. The fourth-order valence-electron chi connectivity index (χ4n) is 3.18. The molecule has 4 rings (SSSR count). The standard InChI is InChI=1S/C17H20N6O2.ClH/c1-3-23-12-7-5-4-6-11(12)15(24)14(20-23)17-19-16(21-25-17)13-10-18-8-9-22(13)2;/h4-7,13,18H,3,8-10H2,1-2H3;1H. The first-order valence-electron chi connectivity index (χ1n) is 8.44. The lowest BCUT2D eigenvalue weighted by atomic mass is 10.2. The van der Waals surface area contributed by atoms with Crippen LogP contribution in [0.2, 0.25) is 0 Å². The van der Waals surface area contributed by atoms with E-state index in [9.17, 15) is 4.79 Å². The Kier molecular flexibility index (Phi) is 5.36. The molecule has 0 radical (unpaired) electrons. The van der Waals surface area contributed by atoms with Crippen LogP contribution in [-0.2, 0) is 6.54 Å². The summed E-state index contributed by atoms with van der Waals surface area (Å²) in [5.74, 6) is 0.744. The van der Waals surface area contributed by atoms with Gasteiger partial charge < -0.3 is 9.84 Å². The molecule has 0 spiro atoms. The molecule has 1 unspecified atom stereocenters. The SMILES string of the molecule is CCn1nc(-c2nc(C3CNCCN3C)no2)c(=O)c2ccccc21.Cl. The minimum absolute atomic E-state index is 0.